The van der Waals surface area contributed by atoms with Crippen LogP contribution in [0.15, 0.2) is 132 Å². The summed E-state index contributed by atoms with van der Waals surface area (Å²) in [5, 5.41) is 11.0. The quantitative estimate of drug-likeness (QED) is 0.169. The van der Waals surface area contributed by atoms with Gasteiger partial charge in [-0.25, -0.2) is 4.68 Å². The molecule has 0 aliphatic rings. The van der Waals surface area contributed by atoms with E-state index in [2.05, 4.69) is 68.3 Å². The molecule has 0 fully saturated rings. The van der Waals surface area contributed by atoms with Crippen LogP contribution in [-0.2, 0) is 21.1 Å². The summed E-state index contributed by atoms with van der Waals surface area (Å²) in [7, 11) is 0. The first kappa shape index (κ1) is 27.0. The van der Waals surface area contributed by atoms with E-state index in [1.54, 1.807) is 23.3 Å². The van der Waals surface area contributed by atoms with Gasteiger partial charge in [-0.1, -0.05) is 47.3 Å². The van der Waals surface area contributed by atoms with Crippen LogP contribution in [0, 0.1) is 12.1 Å². The van der Waals surface area contributed by atoms with Crippen LogP contribution in [0.2, 0.25) is 0 Å². The average molecular weight is 763 g/mol. The van der Waals surface area contributed by atoms with Crippen molar-refractivity contribution in [2.75, 3.05) is 0 Å². The van der Waals surface area contributed by atoms with Crippen molar-refractivity contribution in [3.05, 3.63) is 140 Å². The molecule has 4 aromatic carbocycles. The number of hydrogen-bond donors (Lipinski definition) is 0. The molecule has 0 atom stereocenters. The molecule has 8 nitrogen and oxygen atoms in total. The molecule has 9 aromatic rings. The Morgan fingerprint density at radius 1 is 0.644 bits per heavy atom. The number of pyridine rings is 1. The van der Waals surface area contributed by atoms with E-state index in [1.165, 1.54) is 0 Å². The summed E-state index contributed by atoms with van der Waals surface area (Å²) in [5.41, 5.74) is 8.48. The fourth-order valence-corrected chi connectivity index (χ4v) is 5.73. The number of rotatable bonds is 5. The predicted molar refractivity (Wildman–Crippen MR) is 169 cm³/mol. The van der Waals surface area contributed by atoms with Gasteiger partial charge >= 0.3 is 21.1 Å². The maximum atomic E-state index is 6.29. The molecule has 45 heavy (non-hydrogen) atoms. The molecular formula is C36H21N7OPt. The van der Waals surface area contributed by atoms with Gasteiger partial charge < -0.3 is 14.0 Å². The predicted octanol–water partition coefficient (Wildman–Crippen LogP) is 7.62. The minimum absolute atomic E-state index is 0. The van der Waals surface area contributed by atoms with Crippen LogP contribution < -0.4 is 0 Å². The van der Waals surface area contributed by atoms with Crippen molar-refractivity contribution >= 4 is 32.9 Å². The summed E-state index contributed by atoms with van der Waals surface area (Å²) in [6.45, 7) is 0. The van der Waals surface area contributed by atoms with Gasteiger partial charge in [-0.05, 0) is 64.4 Å². The molecule has 0 bridgehead atoms. The van der Waals surface area contributed by atoms with E-state index >= 15 is 0 Å². The van der Waals surface area contributed by atoms with Gasteiger partial charge in [0.05, 0.1) is 11.2 Å². The molecule has 9 heteroatoms. The molecule has 0 aliphatic heterocycles. The van der Waals surface area contributed by atoms with Crippen molar-refractivity contribution < 1.29 is 25.5 Å². The minimum Gasteiger partial charge on any atom is -0.481 e. The Morgan fingerprint density at radius 3 is 2.27 bits per heavy atom. The van der Waals surface area contributed by atoms with Gasteiger partial charge in [-0.2, -0.15) is 10.2 Å². The van der Waals surface area contributed by atoms with Crippen molar-refractivity contribution in [2.24, 2.45) is 0 Å². The molecule has 0 amide bonds. The van der Waals surface area contributed by atoms with E-state index in [0.717, 1.165) is 61.2 Å². The molecule has 0 unspecified atom stereocenters. The van der Waals surface area contributed by atoms with Crippen LogP contribution in [0.1, 0.15) is 0 Å². The van der Waals surface area contributed by atoms with Gasteiger partial charge in [-0.15, -0.1) is 35.9 Å². The molecule has 0 aliphatic carbocycles. The first-order valence-corrected chi connectivity index (χ1v) is 14.1. The van der Waals surface area contributed by atoms with Crippen LogP contribution in [0.25, 0.3) is 72.7 Å². The molecule has 216 valence electrons. The van der Waals surface area contributed by atoms with E-state index < -0.39 is 0 Å². The second-order valence-corrected chi connectivity index (χ2v) is 10.4. The third kappa shape index (κ3) is 4.58. The first-order chi connectivity index (χ1) is 21.8. The molecule has 0 N–H and O–H groups in total. The summed E-state index contributed by atoms with van der Waals surface area (Å²) in [6, 6.07) is 39.5. The SMILES string of the molecule is [Pt+2].[c-]1c(-c2ccccn2)cc(-n2cccn2)cc1-n1c2[c-]c(-c3nc4ccc(-n5cccn5)cc4o3)ccc2c2ccccc21. The number of fused-ring (bicyclic) bond motifs is 4. The Bertz CT molecular complexity index is 2440. The maximum absolute atomic E-state index is 6.29. The Hall–Kier alpha value is -5.59. The van der Waals surface area contributed by atoms with Crippen molar-refractivity contribution in [1.29, 1.82) is 0 Å². The standard InChI is InChI=1S/C36H21N7O.Pt/c1-2-9-33-29(7-1)30-12-10-24(36-40-32-13-11-26(23-35(32)44-36)41-17-5-15-38-41)21-34(30)43(33)28-20-25(31-8-3-4-14-37-31)19-27(22-28)42-18-6-16-39-42;/h1-19,22-23H;/q-2;+2. The summed E-state index contributed by atoms with van der Waals surface area (Å²) >= 11 is 0. The molecule has 0 saturated heterocycles. The first-order valence-electron chi connectivity index (χ1n) is 14.1. The molecule has 0 spiro atoms. The summed E-state index contributed by atoms with van der Waals surface area (Å²) < 4.78 is 12.1. The number of nitrogens with zero attached hydrogens (tertiary/aromatic N) is 7. The van der Waals surface area contributed by atoms with Gasteiger partial charge in [0.15, 0.2) is 0 Å². The summed E-state index contributed by atoms with van der Waals surface area (Å²) in [4.78, 5) is 9.42. The molecule has 5 heterocycles. The third-order valence-electron chi connectivity index (χ3n) is 7.75. The van der Waals surface area contributed by atoms with Crippen LogP contribution in [0.5, 0.6) is 0 Å². The average Bonchev–Trinajstić information content (AvgIpc) is 3.90. The Morgan fingerprint density at radius 2 is 1.47 bits per heavy atom. The van der Waals surface area contributed by atoms with E-state index in [9.17, 15) is 0 Å². The van der Waals surface area contributed by atoms with Gasteiger partial charge in [0.25, 0.3) is 0 Å². The van der Waals surface area contributed by atoms with Gasteiger partial charge in [-0.3, -0.25) is 9.67 Å². The number of oxazole rings is 1. The largest absolute Gasteiger partial charge is 2.00 e. The van der Waals surface area contributed by atoms with Crippen LogP contribution >= 0.6 is 0 Å². The number of para-hydroxylation sites is 1. The Kier molecular flexibility index (Phi) is 6.50. The van der Waals surface area contributed by atoms with E-state index in [0.29, 0.717) is 11.5 Å². The topological polar surface area (TPSA) is 79.5 Å². The fraction of sp³-hybridized carbons (Fsp3) is 0. The zero-order valence-corrected chi connectivity index (χ0v) is 25.8. The molecule has 9 rings (SSSR count). The number of hydrogen-bond acceptors (Lipinski definition) is 5. The van der Waals surface area contributed by atoms with Crippen molar-refractivity contribution in [1.82, 2.24) is 34.1 Å². The molecule has 0 saturated carbocycles. The smallest absolute Gasteiger partial charge is 0.481 e. The summed E-state index contributed by atoms with van der Waals surface area (Å²) in [6.07, 6.45) is 9.15. The van der Waals surface area contributed by atoms with Crippen LogP contribution in [0.3, 0.4) is 0 Å². The van der Waals surface area contributed by atoms with Crippen molar-refractivity contribution in [2.45, 2.75) is 0 Å². The Labute approximate surface area is 271 Å². The Balaban J connectivity index is 0.00000300. The third-order valence-corrected chi connectivity index (χ3v) is 7.75. The zero-order chi connectivity index (χ0) is 29.0. The monoisotopic (exact) mass is 762 g/mol. The van der Waals surface area contributed by atoms with Gasteiger partial charge in [0.2, 0.25) is 0 Å². The molecule has 5 aromatic heterocycles. The fourth-order valence-electron chi connectivity index (χ4n) is 5.73. The van der Waals surface area contributed by atoms with Crippen LogP contribution in [-0.4, -0.2) is 34.1 Å². The summed E-state index contributed by atoms with van der Waals surface area (Å²) in [5.74, 6) is 0.500. The van der Waals surface area contributed by atoms with E-state index in [-0.39, 0.29) is 21.1 Å². The molecule has 0 radical (unpaired) electrons. The van der Waals surface area contributed by atoms with Crippen molar-refractivity contribution in [3.8, 4) is 39.8 Å². The number of aromatic nitrogens is 7. The van der Waals surface area contributed by atoms with Gasteiger partial charge in [0, 0.05) is 42.6 Å². The van der Waals surface area contributed by atoms with Crippen LogP contribution in [0.4, 0.5) is 0 Å². The van der Waals surface area contributed by atoms with E-state index in [1.807, 2.05) is 77.7 Å². The second kappa shape index (κ2) is 10.8. The van der Waals surface area contributed by atoms with E-state index in [4.69, 9.17) is 9.40 Å². The van der Waals surface area contributed by atoms with Crippen molar-refractivity contribution in [3.63, 3.8) is 0 Å². The second-order valence-electron chi connectivity index (χ2n) is 10.4. The number of benzene rings is 4. The molecular weight excluding hydrogens is 742 g/mol. The van der Waals surface area contributed by atoms with Gasteiger partial charge in [0.1, 0.15) is 11.5 Å². The zero-order valence-electron chi connectivity index (χ0n) is 23.5. The maximum Gasteiger partial charge on any atom is 2.00 e. The minimum atomic E-state index is 0. The normalized spacial score (nSPS) is 11.4.